The van der Waals surface area contributed by atoms with E-state index in [1.807, 2.05) is 23.6 Å². The van der Waals surface area contributed by atoms with Crippen molar-refractivity contribution in [1.29, 1.82) is 0 Å². The van der Waals surface area contributed by atoms with Gasteiger partial charge in [0.15, 0.2) is 0 Å². The lowest BCUT2D eigenvalue weighted by atomic mass is 10.1. The first kappa shape index (κ1) is 17.0. The van der Waals surface area contributed by atoms with Crippen LogP contribution in [0.2, 0.25) is 0 Å². The monoisotopic (exact) mass is 344 g/mol. The van der Waals surface area contributed by atoms with Gasteiger partial charge in [-0.2, -0.15) is 0 Å². The fourth-order valence-corrected chi connectivity index (χ4v) is 3.73. The second-order valence-electron chi connectivity index (χ2n) is 6.14. The van der Waals surface area contributed by atoms with E-state index in [2.05, 4.69) is 20.2 Å². The molecule has 3 rings (SSSR count). The third-order valence-electron chi connectivity index (χ3n) is 4.20. The first-order valence-electron chi connectivity index (χ1n) is 8.66. The zero-order valence-electron chi connectivity index (χ0n) is 13.9. The van der Waals surface area contributed by atoms with E-state index < -0.39 is 0 Å². The van der Waals surface area contributed by atoms with E-state index in [9.17, 15) is 4.79 Å². The summed E-state index contributed by atoms with van der Waals surface area (Å²) < 4.78 is 0. The minimum atomic E-state index is 0.0477. The number of amides is 1. The summed E-state index contributed by atoms with van der Waals surface area (Å²) in [4.78, 5) is 23.3. The molecule has 1 fully saturated rings. The second kappa shape index (κ2) is 8.89. The number of piperidine rings is 1. The molecular weight excluding hydrogens is 320 g/mol. The zero-order valence-corrected chi connectivity index (χ0v) is 14.7. The molecule has 0 aromatic carbocycles. The molecular formula is C18H24N4OS. The van der Waals surface area contributed by atoms with Gasteiger partial charge in [0, 0.05) is 18.1 Å². The first-order valence-corrected chi connectivity index (χ1v) is 9.54. The molecule has 0 unspecified atom stereocenters. The molecule has 0 spiro atoms. The lowest BCUT2D eigenvalue weighted by Crippen LogP contribution is -2.33. The van der Waals surface area contributed by atoms with Gasteiger partial charge < -0.3 is 10.2 Å². The fraction of sp³-hybridized carbons (Fsp3) is 0.500. The predicted octanol–water partition coefficient (Wildman–Crippen LogP) is 2.74. The van der Waals surface area contributed by atoms with Crippen molar-refractivity contribution >= 4 is 17.2 Å². The Morgan fingerprint density at radius 3 is 2.92 bits per heavy atom. The lowest BCUT2D eigenvalue weighted by Gasteiger charge is -2.26. The number of carbonyl (C=O) groups excluding carboxylic acids is 1. The maximum atomic E-state index is 12.0. The molecule has 1 aliphatic rings. The van der Waals surface area contributed by atoms with Crippen molar-refractivity contribution in [3.63, 3.8) is 0 Å². The number of hydrogen-bond donors (Lipinski definition) is 1. The van der Waals surface area contributed by atoms with Crippen molar-refractivity contribution in [1.82, 2.24) is 20.2 Å². The molecule has 1 aliphatic heterocycles. The average molecular weight is 344 g/mol. The van der Waals surface area contributed by atoms with Crippen molar-refractivity contribution < 1.29 is 4.79 Å². The number of hydrogen-bond acceptors (Lipinski definition) is 5. The average Bonchev–Trinajstić information content (AvgIpc) is 3.09. The van der Waals surface area contributed by atoms with Crippen LogP contribution in [-0.4, -0.2) is 47.0 Å². The zero-order chi connectivity index (χ0) is 16.6. The third kappa shape index (κ3) is 5.11. The Morgan fingerprint density at radius 1 is 1.25 bits per heavy atom. The van der Waals surface area contributed by atoms with Gasteiger partial charge in [0.25, 0.3) is 0 Å². The van der Waals surface area contributed by atoms with Crippen LogP contribution in [0.25, 0.3) is 10.7 Å². The van der Waals surface area contributed by atoms with E-state index in [-0.39, 0.29) is 5.91 Å². The minimum absolute atomic E-state index is 0.0477. The van der Waals surface area contributed by atoms with Crippen molar-refractivity contribution in [2.45, 2.75) is 32.1 Å². The molecule has 0 aliphatic carbocycles. The highest BCUT2D eigenvalue weighted by molar-refractivity contribution is 7.13. The highest BCUT2D eigenvalue weighted by Gasteiger charge is 2.11. The van der Waals surface area contributed by atoms with Crippen LogP contribution >= 0.6 is 11.3 Å². The largest absolute Gasteiger partial charge is 0.356 e. The van der Waals surface area contributed by atoms with Gasteiger partial charge in [0.05, 0.1) is 17.8 Å². The molecule has 1 amide bonds. The first-order chi connectivity index (χ1) is 11.8. The van der Waals surface area contributed by atoms with Crippen molar-refractivity contribution in [2.75, 3.05) is 26.2 Å². The molecule has 1 saturated heterocycles. The number of nitrogens with zero attached hydrogens (tertiary/aromatic N) is 3. The Hall–Kier alpha value is -1.79. The van der Waals surface area contributed by atoms with Crippen LogP contribution in [0.5, 0.6) is 0 Å². The number of pyridine rings is 1. The Labute approximate surface area is 147 Å². The summed E-state index contributed by atoms with van der Waals surface area (Å²) >= 11 is 1.53. The smallest absolute Gasteiger partial charge is 0.226 e. The molecule has 0 saturated carbocycles. The van der Waals surface area contributed by atoms with Gasteiger partial charge in [0.1, 0.15) is 5.01 Å². The number of carbonyl (C=O) groups is 1. The molecule has 5 nitrogen and oxygen atoms in total. The number of aromatic nitrogens is 2. The molecule has 2 aromatic rings. The summed E-state index contributed by atoms with van der Waals surface area (Å²) in [7, 11) is 0. The van der Waals surface area contributed by atoms with Crippen LogP contribution in [0.3, 0.4) is 0 Å². The van der Waals surface area contributed by atoms with Crippen LogP contribution < -0.4 is 5.32 Å². The number of thiazole rings is 1. The SMILES string of the molecule is O=C(Cc1csc(-c2ccccn2)n1)NCCCN1CCCCC1. The quantitative estimate of drug-likeness (QED) is 0.785. The van der Waals surface area contributed by atoms with Crippen LogP contribution in [0, 0.1) is 0 Å². The molecule has 24 heavy (non-hydrogen) atoms. The van der Waals surface area contributed by atoms with Crippen molar-refractivity contribution in [3.05, 3.63) is 35.5 Å². The lowest BCUT2D eigenvalue weighted by molar-refractivity contribution is -0.120. The van der Waals surface area contributed by atoms with E-state index in [0.29, 0.717) is 6.42 Å². The summed E-state index contributed by atoms with van der Waals surface area (Å²) in [6.07, 6.45) is 7.10. The van der Waals surface area contributed by atoms with Gasteiger partial charge in [-0.3, -0.25) is 9.78 Å². The Kier molecular flexibility index (Phi) is 6.32. The highest BCUT2D eigenvalue weighted by atomic mass is 32.1. The third-order valence-corrected chi connectivity index (χ3v) is 5.11. The predicted molar refractivity (Wildman–Crippen MR) is 97.0 cm³/mol. The van der Waals surface area contributed by atoms with Gasteiger partial charge >= 0.3 is 0 Å². The number of likely N-dealkylation sites (tertiary alicyclic amines) is 1. The van der Waals surface area contributed by atoms with Crippen molar-refractivity contribution in [2.24, 2.45) is 0 Å². The molecule has 0 radical (unpaired) electrons. The van der Waals surface area contributed by atoms with Crippen LogP contribution in [0.1, 0.15) is 31.4 Å². The Morgan fingerprint density at radius 2 is 2.12 bits per heavy atom. The van der Waals surface area contributed by atoms with Gasteiger partial charge in [-0.1, -0.05) is 12.5 Å². The van der Waals surface area contributed by atoms with Gasteiger partial charge in [-0.05, 0) is 51.0 Å². The molecule has 6 heteroatoms. The normalized spacial score (nSPS) is 15.3. The van der Waals surface area contributed by atoms with Crippen LogP contribution in [0.15, 0.2) is 29.8 Å². The number of rotatable bonds is 7. The van der Waals surface area contributed by atoms with Crippen molar-refractivity contribution in [3.8, 4) is 10.7 Å². The molecule has 0 atom stereocenters. The molecule has 2 aromatic heterocycles. The Balaban J connectivity index is 1.38. The minimum Gasteiger partial charge on any atom is -0.356 e. The maximum Gasteiger partial charge on any atom is 0.226 e. The Bertz CT molecular complexity index is 637. The molecule has 128 valence electrons. The van der Waals surface area contributed by atoms with E-state index in [0.717, 1.165) is 35.9 Å². The van der Waals surface area contributed by atoms with Gasteiger partial charge in [-0.25, -0.2) is 4.98 Å². The summed E-state index contributed by atoms with van der Waals surface area (Å²) in [5.41, 5.74) is 1.67. The summed E-state index contributed by atoms with van der Waals surface area (Å²) in [6.45, 7) is 4.25. The van der Waals surface area contributed by atoms with E-state index in [1.54, 1.807) is 6.20 Å². The van der Waals surface area contributed by atoms with E-state index in [4.69, 9.17) is 0 Å². The van der Waals surface area contributed by atoms with Gasteiger partial charge in [-0.15, -0.1) is 11.3 Å². The summed E-state index contributed by atoms with van der Waals surface area (Å²) in [5, 5.41) is 5.81. The topological polar surface area (TPSA) is 58.1 Å². The standard InChI is InChI=1S/C18H24N4OS/c23-17(20-9-6-12-22-10-4-1-5-11-22)13-15-14-24-18(21-15)16-7-2-3-8-19-16/h2-3,7-8,14H,1,4-6,9-13H2,(H,20,23). The second-order valence-corrected chi connectivity index (χ2v) is 7.00. The molecule has 3 heterocycles. The van der Waals surface area contributed by atoms with Gasteiger partial charge in [0.2, 0.25) is 5.91 Å². The summed E-state index contributed by atoms with van der Waals surface area (Å²) in [5.74, 6) is 0.0477. The van der Waals surface area contributed by atoms with E-state index in [1.165, 1.54) is 43.7 Å². The van der Waals surface area contributed by atoms with Crippen LogP contribution in [0.4, 0.5) is 0 Å². The van der Waals surface area contributed by atoms with E-state index >= 15 is 0 Å². The maximum absolute atomic E-state index is 12.0. The highest BCUT2D eigenvalue weighted by Crippen LogP contribution is 2.21. The fourth-order valence-electron chi connectivity index (χ4n) is 2.94. The molecule has 0 bridgehead atoms. The van der Waals surface area contributed by atoms with Crippen LogP contribution in [-0.2, 0) is 11.2 Å². The number of nitrogens with one attached hydrogen (secondary N) is 1. The molecule has 1 N–H and O–H groups in total. The summed E-state index contributed by atoms with van der Waals surface area (Å²) in [6, 6.07) is 5.76.